The van der Waals surface area contributed by atoms with Gasteiger partial charge in [-0.25, -0.2) is 4.79 Å². The van der Waals surface area contributed by atoms with Gasteiger partial charge in [0.15, 0.2) is 5.78 Å². The van der Waals surface area contributed by atoms with Gasteiger partial charge in [-0.1, -0.05) is 93.5 Å². The Morgan fingerprint density at radius 2 is 1.39 bits per heavy atom. The van der Waals surface area contributed by atoms with Crippen LogP contribution in [0.15, 0.2) is 65.8 Å². The highest BCUT2D eigenvalue weighted by Crippen LogP contribution is 2.31. The first-order valence-corrected chi connectivity index (χ1v) is 20.3. The number of rotatable bonds is 25. The summed E-state index contributed by atoms with van der Waals surface area (Å²) in [6.07, 6.45) is 2.03. The molecular weight excluding hydrogens is 729 g/mol. The molecule has 0 unspecified atom stereocenters. The van der Waals surface area contributed by atoms with E-state index in [1.165, 1.54) is 0 Å². The standard InChI is InChI=1S/C44H62N4O9/c1-30(2)22-37(45-42(53)34(17-16-32-12-8-6-9-13-32)25-36(49)27-48-18-20-55-21-19-48)39(50)26-35(24-33-14-10-7-11-15-33)43(54)46-38(23-31(3)4)41(44(5)29-56-44)47-57-28-40(51)52/h6-15,30-31,34-35,37-38H,16-29H2,1-5H3,(H,45,53)(H,46,54)(H,51,52)/b47-41-/t34-,35-,37+,38+,44-/m1/s1. The average molecular weight is 791 g/mol. The zero-order chi connectivity index (χ0) is 41.4. The second kappa shape index (κ2) is 22.5. The lowest BCUT2D eigenvalue weighted by Gasteiger charge is -2.28. The van der Waals surface area contributed by atoms with Gasteiger partial charge in [0.1, 0.15) is 17.1 Å². The second-order valence-electron chi connectivity index (χ2n) is 16.5. The van der Waals surface area contributed by atoms with Crippen LogP contribution in [0.2, 0.25) is 0 Å². The molecule has 2 aromatic rings. The number of hydrogen-bond acceptors (Lipinski definition) is 10. The zero-order valence-electron chi connectivity index (χ0n) is 34.2. The van der Waals surface area contributed by atoms with Gasteiger partial charge in [0, 0.05) is 37.8 Å². The van der Waals surface area contributed by atoms with Crippen LogP contribution in [0.4, 0.5) is 0 Å². The lowest BCUT2D eigenvalue weighted by molar-refractivity contribution is -0.142. The summed E-state index contributed by atoms with van der Waals surface area (Å²) in [7, 11) is 0. The maximum Gasteiger partial charge on any atom is 0.344 e. The molecule has 2 amide bonds. The highest BCUT2D eigenvalue weighted by atomic mass is 16.6. The number of morpholine rings is 1. The van der Waals surface area contributed by atoms with Crippen molar-refractivity contribution in [2.24, 2.45) is 28.8 Å². The second-order valence-corrected chi connectivity index (χ2v) is 16.5. The Bertz CT molecular complexity index is 1640. The molecule has 0 bridgehead atoms. The van der Waals surface area contributed by atoms with E-state index in [2.05, 4.69) is 15.8 Å². The van der Waals surface area contributed by atoms with Crippen LogP contribution in [0.1, 0.15) is 77.8 Å². The van der Waals surface area contributed by atoms with Crippen LogP contribution in [0, 0.1) is 23.7 Å². The monoisotopic (exact) mass is 790 g/mol. The molecule has 312 valence electrons. The van der Waals surface area contributed by atoms with Gasteiger partial charge >= 0.3 is 5.97 Å². The van der Waals surface area contributed by atoms with Crippen LogP contribution >= 0.6 is 0 Å². The van der Waals surface area contributed by atoms with E-state index in [1.54, 1.807) is 0 Å². The molecule has 2 fully saturated rings. The number of Topliss-reactive ketones (excluding diaryl/α,β-unsaturated/α-hetero) is 2. The van der Waals surface area contributed by atoms with E-state index in [4.69, 9.17) is 19.4 Å². The number of carbonyl (C=O) groups excluding carboxylic acids is 4. The number of aliphatic carboxylic acids is 1. The van der Waals surface area contributed by atoms with Crippen LogP contribution in [0.25, 0.3) is 0 Å². The van der Waals surface area contributed by atoms with Gasteiger partial charge in [0.25, 0.3) is 0 Å². The summed E-state index contributed by atoms with van der Waals surface area (Å²) in [5.41, 5.74) is 1.47. The summed E-state index contributed by atoms with van der Waals surface area (Å²) < 4.78 is 11.1. The van der Waals surface area contributed by atoms with Gasteiger partial charge in [-0.2, -0.15) is 0 Å². The van der Waals surface area contributed by atoms with Crippen molar-refractivity contribution in [3.63, 3.8) is 0 Å². The number of benzene rings is 2. The number of oxime groups is 1. The number of carboxylic acid groups (broad SMARTS) is 1. The molecule has 2 heterocycles. The van der Waals surface area contributed by atoms with Crippen molar-refractivity contribution in [2.45, 2.75) is 97.2 Å². The van der Waals surface area contributed by atoms with E-state index >= 15 is 0 Å². The molecule has 2 saturated heterocycles. The van der Waals surface area contributed by atoms with Crippen LogP contribution in [0.5, 0.6) is 0 Å². The number of hydrogen-bond donors (Lipinski definition) is 3. The van der Waals surface area contributed by atoms with Crippen LogP contribution < -0.4 is 10.6 Å². The molecule has 5 atom stereocenters. The molecule has 0 spiro atoms. The van der Waals surface area contributed by atoms with E-state index in [9.17, 15) is 24.0 Å². The summed E-state index contributed by atoms with van der Waals surface area (Å²) >= 11 is 0. The number of carbonyl (C=O) groups is 5. The first-order valence-electron chi connectivity index (χ1n) is 20.3. The third kappa shape index (κ3) is 15.8. The fourth-order valence-corrected chi connectivity index (χ4v) is 7.17. The molecular formula is C44H62N4O9. The van der Waals surface area contributed by atoms with Gasteiger partial charge in [0.05, 0.1) is 38.4 Å². The van der Waals surface area contributed by atoms with E-state index < -0.39 is 42.1 Å². The lowest BCUT2D eigenvalue weighted by atomic mass is 9.87. The van der Waals surface area contributed by atoms with Crippen molar-refractivity contribution in [3.8, 4) is 0 Å². The van der Waals surface area contributed by atoms with Crippen molar-refractivity contribution in [3.05, 3.63) is 71.8 Å². The number of nitrogens with zero attached hydrogens (tertiary/aromatic N) is 2. The van der Waals surface area contributed by atoms with Crippen LogP contribution in [-0.4, -0.2) is 109 Å². The predicted octanol–water partition coefficient (Wildman–Crippen LogP) is 4.65. The molecule has 57 heavy (non-hydrogen) atoms. The molecule has 0 aliphatic carbocycles. The minimum absolute atomic E-state index is 0.0332. The molecule has 13 heteroatoms. The maximum atomic E-state index is 14.4. The quantitative estimate of drug-likeness (QED) is 0.0730. The molecule has 2 aliphatic rings. The Hall–Kier alpha value is -4.46. The highest BCUT2D eigenvalue weighted by Gasteiger charge is 2.49. The van der Waals surface area contributed by atoms with E-state index in [0.29, 0.717) is 64.3 Å². The fraction of sp³-hybridized carbons (Fsp3) is 0.591. The first-order chi connectivity index (χ1) is 27.2. The first kappa shape index (κ1) is 45.2. The van der Waals surface area contributed by atoms with Gasteiger partial charge in [-0.15, -0.1) is 0 Å². The average Bonchev–Trinajstić information content (AvgIpc) is 3.92. The molecule has 13 nitrogen and oxygen atoms in total. The Kier molecular flexibility index (Phi) is 17.8. The smallest absolute Gasteiger partial charge is 0.344 e. The number of nitrogens with one attached hydrogen (secondary N) is 2. The number of ketones is 2. The number of epoxide rings is 1. The fourth-order valence-electron chi connectivity index (χ4n) is 7.17. The molecule has 0 aromatic heterocycles. The van der Waals surface area contributed by atoms with Gasteiger partial charge in [-0.3, -0.25) is 24.1 Å². The van der Waals surface area contributed by atoms with Crippen LogP contribution in [0.3, 0.4) is 0 Å². The van der Waals surface area contributed by atoms with E-state index in [0.717, 1.165) is 11.1 Å². The summed E-state index contributed by atoms with van der Waals surface area (Å²) in [5, 5.41) is 19.5. The third-order valence-electron chi connectivity index (χ3n) is 10.4. The number of ether oxygens (including phenoxy) is 2. The molecule has 2 aromatic carbocycles. The third-order valence-corrected chi connectivity index (χ3v) is 10.4. The Morgan fingerprint density at radius 3 is 1.96 bits per heavy atom. The van der Waals surface area contributed by atoms with Crippen molar-refractivity contribution < 1.29 is 43.4 Å². The minimum Gasteiger partial charge on any atom is -0.479 e. The lowest BCUT2D eigenvalue weighted by Crippen LogP contribution is -2.50. The Morgan fingerprint density at radius 1 is 0.825 bits per heavy atom. The van der Waals surface area contributed by atoms with E-state index in [1.807, 2.05) is 100 Å². The predicted molar refractivity (Wildman–Crippen MR) is 217 cm³/mol. The highest BCUT2D eigenvalue weighted by molar-refractivity contribution is 6.01. The molecule has 3 N–H and O–H groups in total. The van der Waals surface area contributed by atoms with Gasteiger partial charge < -0.3 is 30.1 Å². The van der Waals surface area contributed by atoms with Crippen LogP contribution in [-0.2, 0) is 51.1 Å². The van der Waals surface area contributed by atoms with Crippen molar-refractivity contribution >= 4 is 35.1 Å². The SMILES string of the molecule is CC(C)C[C@H](NC(=O)[C@H](CCc1ccccc1)CC(=O)CN1CCOCC1)C(=O)C[C@@H](Cc1ccccc1)C(=O)N[C@@H](CC(C)C)/C(=N/OCC(=O)O)[C@@]1(C)CO1. The molecule has 0 saturated carbocycles. The summed E-state index contributed by atoms with van der Waals surface area (Å²) in [5.74, 6) is -3.51. The largest absolute Gasteiger partial charge is 0.479 e. The number of amides is 2. The topological polar surface area (TPSA) is 176 Å². The Balaban J connectivity index is 1.55. The zero-order valence-corrected chi connectivity index (χ0v) is 34.2. The normalized spacial score (nSPS) is 19.3. The maximum absolute atomic E-state index is 14.4. The summed E-state index contributed by atoms with van der Waals surface area (Å²) in [6, 6.07) is 17.7. The van der Waals surface area contributed by atoms with Crippen molar-refractivity contribution in [1.82, 2.24) is 15.5 Å². The number of carboxylic acids is 1. The molecule has 0 radical (unpaired) electrons. The molecule has 2 aliphatic heterocycles. The van der Waals surface area contributed by atoms with Gasteiger partial charge in [0.2, 0.25) is 18.4 Å². The van der Waals surface area contributed by atoms with Crippen molar-refractivity contribution in [2.75, 3.05) is 46.1 Å². The Labute approximate surface area is 337 Å². The van der Waals surface area contributed by atoms with Crippen molar-refractivity contribution in [1.29, 1.82) is 0 Å². The van der Waals surface area contributed by atoms with E-state index in [-0.39, 0.29) is 61.0 Å². The molecule has 4 rings (SSSR count). The summed E-state index contributed by atoms with van der Waals surface area (Å²) in [4.78, 5) is 74.6. The van der Waals surface area contributed by atoms with Gasteiger partial charge in [-0.05, 0) is 62.0 Å². The number of aryl methyl sites for hydroxylation is 1. The minimum atomic E-state index is -1.18. The summed E-state index contributed by atoms with van der Waals surface area (Å²) in [6.45, 7) is 12.1.